The molecule has 0 atom stereocenters. The van der Waals surface area contributed by atoms with E-state index in [-0.39, 0.29) is 11.3 Å². The summed E-state index contributed by atoms with van der Waals surface area (Å²) in [4.78, 5) is 24.7. The van der Waals surface area contributed by atoms with Crippen molar-refractivity contribution in [2.24, 2.45) is 0 Å². The van der Waals surface area contributed by atoms with Crippen LogP contribution in [-0.2, 0) is 0 Å². The van der Waals surface area contributed by atoms with E-state index in [1.165, 1.54) is 6.08 Å². The summed E-state index contributed by atoms with van der Waals surface area (Å²) in [5, 5.41) is 0.324. The van der Waals surface area contributed by atoms with Gasteiger partial charge in [0.15, 0.2) is 5.78 Å². The van der Waals surface area contributed by atoms with Crippen LogP contribution in [-0.4, -0.2) is 11.8 Å². The average molecular weight is 377 g/mol. The Morgan fingerprint density at radius 1 is 0.889 bits per heavy atom. The number of allylic oxidation sites excluding steroid dienone is 1. The lowest BCUT2D eigenvalue weighted by Gasteiger charge is -2.08. The molecule has 0 heterocycles. The molecule has 0 aliphatic carbocycles. The van der Waals surface area contributed by atoms with Gasteiger partial charge in [-0.05, 0) is 37.3 Å². The number of hydrogen-bond donors (Lipinski definition) is 0. The van der Waals surface area contributed by atoms with E-state index in [4.69, 9.17) is 16.3 Å². The maximum Gasteiger partial charge on any atom is 0.345 e. The fourth-order valence-corrected chi connectivity index (χ4v) is 2.69. The molecular formula is C23H17ClO3. The van der Waals surface area contributed by atoms with Gasteiger partial charge >= 0.3 is 5.97 Å². The first-order chi connectivity index (χ1) is 13.0. The fraction of sp³-hybridized carbons (Fsp3) is 0.0435. The maximum atomic E-state index is 12.4. The van der Waals surface area contributed by atoms with E-state index in [0.29, 0.717) is 21.9 Å². The number of hydrogen-bond acceptors (Lipinski definition) is 3. The summed E-state index contributed by atoms with van der Waals surface area (Å²) >= 11 is 6.05. The molecule has 3 nitrogen and oxygen atoms in total. The zero-order chi connectivity index (χ0) is 19.2. The van der Waals surface area contributed by atoms with Crippen LogP contribution in [0.1, 0.15) is 31.8 Å². The first kappa shape index (κ1) is 18.6. The third-order valence-corrected chi connectivity index (χ3v) is 4.30. The number of benzene rings is 3. The molecule has 3 aromatic rings. The molecule has 134 valence electrons. The monoisotopic (exact) mass is 376 g/mol. The Balaban J connectivity index is 1.80. The van der Waals surface area contributed by atoms with Gasteiger partial charge in [-0.25, -0.2) is 4.79 Å². The smallest absolute Gasteiger partial charge is 0.345 e. The largest absolute Gasteiger partial charge is 0.422 e. The SMILES string of the molecule is Cc1ccc(C(=O)/C=C/c2ccccc2OC(=O)c2ccccc2Cl)cc1. The van der Waals surface area contributed by atoms with E-state index in [1.807, 2.05) is 25.1 Å². The van der Waals surface area contributed by atoms with Gasteiger partial charge < -0.3 is 4.74 Å². The lowest BCUT2D eigenvalue weighted by atomic mass is 10.1. The standard InChI is InChI=1S/C23H17ClO3/c1-16-10-12-17(13-11-16)21(25)15-14-18-6-2-5-9-22(18)27-23(26)19-7-3-4-8-20(19)24/h2-15H,1H3/b15-14+. The van der Waals surface area contributed by atoms with Crippen LogP contribution in [0.3, 0.4) is 0 Å². The van der Waals surface area contributed by atoms with Crippen molar-refractivity contribution in [1.82, 2.24) is 0 Å². The Bertz CT molecular complexity index is 1000. The van der Waals surface area contributed by atoms with Crippen molar-refractivity contribution in [2.75, 3.05) is 0 Å². The molecule has 0 spiro atoms. The summed E-state index contributed by atoms with van der Waals surface area (Å²) < 4.78 is 5.48. The van der Waals surface area contributed by atoms with Gasteiger partial charge in [0.05, 0.1) is 10.6 Å². The predicted molar refractivity (Wildman–Crippen MR) is 107 cm³/mol. The molecule has 0 unspecified atom stereocenters. The number of carbonyl (C=O) groups excluding carboxylic acids is 2. The van der Waals surface area contributed by atoms with E-state index >= 15 is 0 Å². The minimum atomic E-state index is -0.550. The molecule has 0 radical (unpaired) electrons. The summed E-state index contributed by atoms with van der Waals surface area (Å²) in [6, 6.07) is 21.0. The third-order valence-electron chi connectivity index (χ3n) is 3.97. The Labute approximate surface area is 162 Å². The zero-order valence-electron chi connectivity index (χ0n) is 14.7. The molecule has 3 rings (SSSR count). The molecule has 0 saturated carbocycles. The van der Waals surface area contributed by atoms with Crippen LogP contribution in [0.25, 0.3) is 6.08 Å². The summed E-state index contributed by atoms with van der Waals surface area (Å²) in [6.45, 7) is 1.97. The van der Waals surface area contributed by atoms with E-state index in [9.17, 15) is 9.59 Å². The Morgan fingerprint density at radius 2 is 1.56 bits per heavy atom. The van der Waals surface area contributed by atoms with Gasteiger partial charge in [-0.1, -0.05) is 71.8 Å². The highest BCUT2D eigenvalue weighted by Crippen LogP contribution is 2.23. The van der Waals surface area contributed by atoms with Crippen LogP contribution in [0.2, 0.25) is 5.02 Å². The normalized spacial score (nSPS) is 10.7. The molecule has 4 heteroatoms. The number of esters is 1. The molecule has 0 aromatic heterocycles. The number of para-hydroxylation sites is 1. The number of rotatable bonds is 5. The second-order valence-electron chi connectivity index (χ2n) is 5.97. The van der Waals surface area contributed by atoms with Crippen LogP contribution in [0, 0.1) is 6.92 Å². The average Bonchev–Trinajstić information content (AvgIpc) is 2.68. The van der Waals surface area contributed by atoms with Gasteiger partial charge in [0.1, 0.15) is 5.75 Å². The van der Waals surface area contributed by atoms with Crippen LogP contribution in [0.4, 0.5) is 0 Å². The minimum Gasteiger partial charge on any atom is -0.422 e. The predicted octanol–water partition coefficient (Wildman–Crippen LogP) is 5.76. The minimum absolute atomic E-state index is 0.123. The number of ether oxygens (including phenoxy) is 1. The highest BCUT2D eigenvalue weighted by atomic mass is 35.5. The lowest BCUT2D eigenvalue weighted by molar-refractivity contribution is 0.0734. The second-order valence-corrected chi connectivity index (χ2v) is 6.38. The highest BCUT2D eigenvalue weighted by Gasteiger charge is 2.13. The quantitative estimate of drug-likeness (QED) is 0.246. The number of carbonyl (C=O) groups is 2. The Morgan fingerprint density at radius 3 is 2.30 bits per heavy atom. The first-order valence-corrected chi connectivity index (χ1v) is 8.77. The van der Waals surface area contributed by atoms with Gasteiger partial charge in [-0.15, -0.1) is 0 Å². The summed E-state index contributed by atoms with van der Waals surface area (Å²) in [7, 11) is 0. The number of halogens is 1. The maximum absolute atomic E-state index is 12.4. The van der Waals surface area contributed by atoms with Crippen molar-refractivity contribution in [3.63, 3.8) is 0 Å². The molecule has 0 aliphatic heterocycles. The van der Waals surface area contributed by atoms with Crippen LogP contribution in [0.15, 0.2) is 78.9 Å². The topological polar surface area (TPSA) is 43.4 Å². The van der Waals surface area contributed by atoms with E-state index < -0.39 is 5.97 Å². The van der Waals surface area contributed by atoms with Gasteiger partial charge in [-0.3, -0.25) is 4.79 Å². The molecule has 0 saturated heterocycles. The van der Waals surface area contributed by atoms with Crippen LogP contribution in [0.5, 0.6) is 5.75 Å². The molecule has 0 fully saturated rings. The molecule has 0 N–H and O–H groups in total. The van der Waals surface area contributed by atoms with Crippen molar-refractivity contribution in [1.29, 1.82) is 0 Å². The van der Waals surface area contributed by atoms with Gasteiger partial charge in [0.2, 0.25) is 0 Å². The Kier molecular flexibility index (Phi) is 5.84. The van der Waals surface area contributed by atoms with Gasteiger partial charge in [0, 0.05) is 11.1 Å². The molecule has 0 aliphatic rings. The molecule has 3 aromatic carbocycles. The van der Waals surface area contributed by atoms with Crippen molar-refractivity contribution < 1.29 is 14.3 Å². The zero-order valence-corrected chi connectivity index (χ0v) is 15.4. The van der Waals surface area contributed by atoms with Gasteiger partial charge in [0.25, 0.3) is 0 Å². The van der Waals surface area contributed by atoms with Crippen molar-refractivity contribution in [3.05, 3.63) is 106 Å². The molecule has 27 heavy (non-hydrogen) atoms. The van der Waals surface area contributed by atoms with Crippen molar-refractivity contribution in [2.45, 2.75) is 6.92 Å². The van der Waals surface area contributed by atoms with Crippen LogP contribution >= 0.6 is 11.6 Å². The highest BCUT2D eigenvalue weighted by molar-refractivity contribution is 6.33. The molecule has 0 amide bonds. The molecular weight excluding hydrogens is 360 g/mol. The van der Waals surface area contributed by atoms with Gasteiger partial charge in [-0.2, -0.15) is 0 Å². The second kappa shape index (κ2) is 8.47. The number of aryl methyl sites for hydroxylation is 1. The summed E-state index contributed by atoms with van der Waals surface area (Å²) in [5.41, 5.74) is 2.60. The van der Waals surface area contributed by atoms with E-state index in [2.05, 4.69) is 0 Å². The number of ketones is 1. The molecule has 0 bridgehead atoms. The van der Waals surface area contributed by atoms with E-state index in [1.54, 1.807) is 60.7 Å². The fourth-order valence-electron chi connectivity index (χ4n) is 2.47. The van der Waals surface area contributed by atoms with E-state index in [0.717, 1.165) is 5.56 Å². The van der Waals surface area contributed by atoms with Crippen LogP contribution < -0.4 is 4.74 Å². The Hall–Kier alpha value is -3.17. The summed E-state index contributed by atoms with van der Waals surface area (Å²) in [6.07, 6.45) is 3.10. The first-order valence-electron chi connectivity index (χ1n) is 8.39. The summed E-state index contributed by atoms with van der Waals surface area (Å²) in [5.74, 6) is -0.316. The van der Waals surface area contributed by atoms with Crippen molar-refractivity contribution in [3.8, 4) is 5.75 Å². The third kappa shape index (κ3) is 4.72. The lowest BCUT2D eigenvalue weighted by Crippen LogP contribution is -2.09. The van der Waals surface area contributed by atoms with Crippen molar-refractivity contribution >= 4 is 29.4 Å².